The average molecular weight is 388 g/mol. The van der Waals surface area contributed by atoms with Crippen LogP contribution in [-0.2, 0) is 17.6 Å². The Balaban J connectivity index is 1.71. The predicted molar refractivity (Wildman–Crippen MR) is 109 cm³/mol. The first-order valence-corrected chi connectivity index (χ1v) is 10.3. The van der Waals surface area contributed by atoms with Crippen molar-refractivity contribution >= 4 is 17.5 Å². The van der Waals surface area contributed by atoms with Gasteiger partial charge in [-0.15, -0.1) is 11.6 Å². The lowest BCUT2D eigenvalue weighted by Gasteiger charge is -2.30. The molecule has 3 rings (SSSR count). The molecule has 1 aliphatic carbocycles. The number of hydrogen-bond donors (Lipinski definition) is 0. The third-order valence-corrected chi connectivity index (χ3v) is 5.98. The summed E-state index contributed by atoms with van der Waals surface area (Å²) in [5.41, 5.74) is 5.10. The first kappa shape index (κ1) is 19.9. The van der Waals surface area contributed by atoms with Crippen LogP contribution in [0, 0.1) is 5.82 Å². The summed E-state index contributed by atoms with van der Waals surface area (Å²) in [7, 11) is 0. The van der Waals surface area contributed by atoms with Crippen molar-refractivity contribution in [2.24, 2.45) is 0 Å². The molecule has 2 unspecified atom stereocenters. The summed E-state index contributed by atoms with van der Waals surface area (Å²) in [6.07, 6.45) is 4.31. The summed E-state index contributed by atoms with van der Waals surface area (Å²) in [5.74, 6) is -0.0465. The summed E-state index contributed by atoms with van der Waals surface area (Å²) in [4.78, 5) is 14.4. The van der Waals surface area contributed by atoms with Crippen LogP contribution in [0.2, 0.25) is 0 Å². The van der Waals surface area contributed by atoms with Gasteiger partial charge in [0.05, 0.1) is 6.04 Å². The number of fused-ring (bicyclic) bond motifs is 1. The second kappa shape index (κ2) is 8.88. The molecule has 0 saturated heterocycles. The van der Waals surface area contributed by atoms with Gasteiger partial charge in [-0.3, -0.25) is 4.79 Å². The molecule has 0 aliphatic heterocycles. The molecule has 0 spiro atoms. The van der Waals surface area contributed by atoms with Crippen molar-refractivity contribution in [2.45, 2.75) is 51.5 Å². The van der Waals surface area contributed by atoms with Crippen LogP contribution in [0.4, 0.5) is 4.39 Å². The highest BCUT2D eigenvalue weighted by molar-refractivity contribution is 6.27. The van der Waals surface area contributed by atoms with Gasteiger partial charge in [0.25, 0.3) is 0 Å². The van der Waals surface area contributed by atoms with Crippen LogP contribution in [-0.4, -0.2) is 23.2 Å². The van der Waals surface area contributed by atoms with Crippen LogP contribution in [0.25, 0.3) is 0 Å². The Hall–Kier alpha value is -1.87. The molecule has 27 heavy (non-hydrogen) atoms. The van der Waals surface area contributed by atoms with Crippen molar-refractivity contribution in [1.82, 2.24) is 4.90 Å². The normalized spacial score (nSPS) is 15.3. The molecule has 0 N–H and O–H groups in total. The van der Waals surface area contributed by atoms with Gasteiger partial charge in [0.1, 0.15) is 11.7 Å². The highest BCUT2D eigenvalue weighted by Gasteiger charge is 2.23. The van der Waals surface area contributed by atoms with Crippen LogP contribution in [0.1, 0.15) is 60.9 Å². The fourth-order valence-corrected chi connectivity index (χ4v) is 4.09. The smallest absolute Gasteiger partial charge is 0.237 e. The van der Waals surface area contributed by atoms with Crippen molar-refractivity contribution in [3.63, 3.8) is 0 Å². The molecule has 2 atom stereocenters. The second-order valence-corrected chi connectivity index (χ2v) is 7.79. The van der Waals surface area contributed by atoms with Gasteiger partial charge in [0.15, 0.2) is 0 Å². The van der Waals surface area contributed by atoms with Crippen molar-refractivity contribution in [3.05, 3.63) is 70.5 Å². The van der Waals surface area contributed by atoms with E-state index in [1.807, 2.05) is 17.0 Å². The highest BCUT2D eigenvalue weighted by atomic mass is 35.5. The molecule has 0 saturated carbocycles. The summed E-state index contributed by atoms with van der Waals surface area (Å²) in [6.45, 7) is 4.81. The van der Waals surface area contributed by atoms with Gasteiger partial charge in [-0.25, -0.2) is 4.39 Å². The zero-order chi connectivity index (χ0) is 19.4. The molecule has 0 aromatic heterocycles. The zero-order valence-electron chi connectivity index (χ0n) is 16.1. The molecule has 1 aliphatic rings. The van der Waals surface area contributed by atoms with Crippen molar-refractivity contribution < 1.29 is 9.18 Å². The first-order valence-electron chi connectivity index (χ1n) is 9.72. The second-order valence-electron chi connectivity index (χ2n) is 7.52. The van der Waals surface area contributed by atoms with Crippen LogP contribution in [0.3, 0.4) is 0 Å². The Labute approximate surface area is 166 Å². The first-order chi connectivity index (χ1) is 13.0. The Morgan fingerprint density at radius 2 is 1.74 bits per heavy atom. The van der Waals surface area contributed by atoms with Gasteiger partial charge in [0, 0.05) is 6.54 Å². The molecule has 4 heteroatoms. The molecular formula is C23H27ClFNO. The van der Waals surface area contributed by atoms with Gasteiger partial charge in [0.2, 0.25) is 5.91 Å². The molecule has 0 fully saturated rings. The largest absolute Gasteiger partial charge is 0.335 e. The quantitative estimate of drug-likeness (QED) is 0.563. The van der Waals surface area contributed by atoms with E-state index < -0.39 is 0 Å². The van der Waals surface area contributed by atoms with Gasteiger partial charge >= 0.3 is 0 Å². The molecule has 144 valence electrons. The van der Waals surface area contributed by atoms with E-state index in [1.54, 1.807) is 0 Å². The number of alkyl halides is 1. The Morgan fingerprint density at radius 1 is 1.07 bits per heavy atom. The SMILES string of the molecule is CC(CCN(C(=O)CCl)C(C)c1ccc2c(c1)CCC2)c1ccc(F)cc1. The third-order valence-electron chi connectivity index (χ3n) is 5.75. The van der Waals surface area contributed by atoms with Crippen LogP contribution in [0.5, 0.6) is 0 Å². The predicted octanol–water partition coefficient (Wildman–Crippen LogP) is 5.64. The number of aryl methyl sites for hydroxylation is 2. The van der Waals surface area contributed by atoms with Crippen LogP contribution in [0.15, 0.2) is 42.5 Å². The minimum Gasteiger partial charge on any atom is -0.335 e. The topological polar surface area (TPSA) is 20.3 Å². The number of benzene rings is 2. The van der Waals surface area contributed by atoms with E-state index in [-0.39, 0.29) is 29.6 Å². The summed E-state index contributed by atoms with van der Waals surface area (Å²) in [6, 6.07) is 13.2. The van der Waals surface area contributed by atoms with E-state index in [1.165, 1.54) is 35.2 Å². The molecule has 1 amide bonds. The van der Waals surface area contributed by atoms with Gasteiger partial charge in [-0.05, 0) is 72.9 Å². The van der Waals surface area contributed by atoms with Gasteiger partial charge in [-0.1, -0.05) is 37.3 Å². The molecular weight excluding hydrogens is 361 g/mol. The number of carbonyl (C=O) groups excluding carboxylic acids is 1. The molecule has 2 nitrogen and oxygen atoms in total. The number of halogens is 2. The maximum Gasteiger partial charge on any atom is 0.237 e. The fourth-order valence-electron chi connectivity index (χ4n) is 3.93. The Kier molecular flexibility index (Phi) is 6.54. The maximum absolute atomic E-state index is 13.1. The lowest BCUT2D eigenvalue weighted by molar-refractivity contribution is -0.130. The standard InChI is InChI=1S/C23H27ClFNO/c1-16(18-8-10-22(25)11-9-18)12-13-26(23(27)15-24)17(2)20-7-6-19-4-3-5-21(19)14-20/h6-11,14,16-17H,3-5,12-13,15H2,1-2H3. The number of hydrogen-bond acceptors (Lipinski definition) is 1. The van der Waals surface area contributed by atoms with E-state index in [4.69, 9.17) is 11.6 Å². The minimum atomic E-state index is -0.227. The van der Waals surface area contributed by atoms with Gasteiger partial charge in [-0.2, -0.15) is 0 Å². The molecule has 2 aromatic rings. The Morgan fingerprint density at radius 3 is 2.44 bits per heavy atom. The van der Waals surface area contributed by atoms with E-state index in [0.717, 1.165) is 24.8 Å². The molecule has 2 aromatic carbocycles. The lowest BCUT2D eigenvalue weighted by atomic mass is 9.96. The number of carbonyl (C=O) groups is 1. The van der Waals surface area contributed by atoms with Gasteiger partial charge < -0.3 is 4.90 Å². The van der Waals surface area contributed by atoms with E-state index in [0.29, 0.717) is 6.54 Å². The summed E-state index contributed by atoms with van der Waals surface area (Å²) >= 11 is 5.89. The van der Waals surface area contributed by atoms with Crippen molar-refractivity contribution in [2.75, 3.05) is 12.4 Å². The zero-order valence-corrected chi connectivity index (χ0v) is 16.8. The molecule has 0 bridgehead atoms. The van der Waals surface area contributed by atoms with Crippen molar-refractivity contribution in [3.8, 4) is 0 Å². The average Bonchev–Trinajstić information content (AvgIpc) is 3.15. The summed E-state index contributed by atoms with van der Waals surface area (Å²) < 4.78 is 13.1. The number of nitrogens with zero attached hydrogens (tertiary/aromatic N) is 1. The Bertz CT molecular complexity index is 789. The minimum absolute atomic E-state index is 0.0115. The van der Waals surface area contributed by atoms with Crippen molar-refractivity contribution in [1.29, 1.82) is 0 Å². The lowest BCUT2D eigenvalue weighted by Crippen LogP contribution is -2.36. The highest BCUT2D eigenvalue weighted by Crippen LogP contribution is 2.29. The molecule has 0 heterocycles. The van der Waals surface area contributed by atoms with Crippen LogP contribution < -0.4 is 0 Å². The monoisotopic (exact) mass is 387 g/mol. The number of amides is 1. The molecule has 0 radical (unpaired) electrons. The van der Waals surface area contributed by atoms with E-state index >= 15 is 0 Å². The van der Waals surface area contributed by atoms with Crippen LogP contribution >= 0.6 is 11.6 Å². The summed E-state index contributed by atoms with van der Waals surface area (Å²) in [5, 5.41) is 0. The third kappa shape index (κ3) is 4.70. The maximum atomic E-state index is 13.1. The fraction of sp³-hybridized carbons (Fsp3) is 0.435. The van der Waals surface area contributed by atoms with E-state index in [9.17, 15) is 9.18 Å². The van der Waals surface area contributed by atoms with E-state index in [2.05, 4.69) is 32.0 Å². The number of rotatable bonds is 7.